The van der Waals surface area contributed by atoms with Gasteiger partial charge in [0.2, 0.25) is 0 Å². The molecule has 14 heavy (non-hydrogen) atoms. The maximum atomic E-state index is 10.6. The van der Waals surface area contributed by atoms with Crippen molar-refractivity contribution in [3.05, 3.63) is 35.4 Å². The summed E-state index contributed by atoms with van der Waals surface area (Å²) in [4.78, 5) is 10.6. The predicted octanol–water partition coefficient (Wildman–Crippen LogP) is 0.970. The van der Waals surface area contributed by atoms with E-state index in [-0.39, 0.29) is 6.42 Å². The summed E-state index contributed by atoms with van der Waals surface area (Å²) in [5, 5.41) is 17.3. The molecule has 4 nitrogen and oxygen atoms in total. The van der Waals surface area contributed by atoms with E-state index in [1.54, 1.807) is 5.48 Å². The zero-order valence-corrected chi connectivity index (χ0v) is 7.90. The topological polar surface area (TPSA) is 69.6 Å². The zero-order chi connectivity index (χ0) is 10.6. The average molecular weight is 195 g/mol. The van der Waals surface area contributed by atoms with Gasteiger partial charge in [0, 0.05) is 6.42 Å². The molecule has 0 fully saturated rings. The fourth-order valence-corrected chi connectivity index (χ4v) is 1.25. The molecule has 0 aliphatic carbocycles. The Morgan fingerprint density at radius 2 is 2.14 bits per heavy atom. The van der Waals surface area contributed by atoms with Gasteiger partial charge in [-0.05, 0) is 18.1 Å². The van der Waals surface area contributed by atoms with E-state index in [0.717, 1.165) is 11.1 Å². The minimum Gasteiger partial charge on any atom is -0.480 e. The Hall–Kier alpha value is -1.39. The molecule has 0 aliphatic heterocycles. The number of carboxylic acid groups (broad SMARTS) is 1. The summed E-state index contributed by atoms with van der Waals surface area (Å²) in [5.41, 5.74) is 3.72. The van der Waals surface area contributed by atoms with Gasteiger partial charge in [0.05, 0.1) is 0 Å². The van der Waals surface area contributed by atoms with Crippen LogP contribution in [0.3, 0.4) is 0 Å². The zero-order valence-electron chi connectivity index (χ0n) is 7.90. The standard InChI is InChI=1S/C10H13NO3/c1-7-4-2-3-5-8(7)6-9(11-14)10(12)13/h2-5,9,11,14H,6H2,1H3,(H,12,13). The summed E-state index contributed by atoms with van der Waals surface area (Å²) < 4.78 is 0. The summed E-state index contributed by atoms with van der Waals surface area (Å²) in [6.45, 7) is 1.91. The summed E-state index contributed by atoms with van der Waals surface area (Å²) in [7, 11) is 0. The van der Waals surface area contributed by atoms with Crippen molar-refractivity contribution < 1.29 is 15.1 Å². The van der Waals surface area contributed by atoms with E-state index in [4.69, 9.17) is 10.3 Å². The van der Waals surface area contributed by atoms with Gasteiger partial charge in [-0.3, -0.25) is 4.79 Å². The minimum absolute atomic E-state index is 0.276. The summed E-state index contributed by atoms with van der Waals surface area (Å²) >= 11 is 0. The van der Waals surface area contributed by atoms with Crippen LogP contribution in [0.15, 0.2) is 24.3 Å². The molecule has 1 atom stereocenters. The smallest absolute Gasteiger partial charge is 0.323 e. The Morgan fingerprint density at radius 1 is 1.50 bits per heavy atom. The molecule has 0 radical (unpaired) electrons. The third kappa shape index (κ3) is 2.55. The number of carboxylic acids is 1. The summed E-state index contributed by atoms with van der Waals surface area (Å²) in [6.07, 6.45) is 0.276. The highest BCUT2D eigenvalue weighted by Gasteiger charge is 2.16. The van der Waals surface area contributed by atoms with Crippen molar-refractivity contribution in [1.82, 2.24) is 5.48 Å². The van der Waals surface area contributed by atoms with E-state index < -0.39 is 12.0 Å². The number of benzene rings is 1. The summed E-state index contributed by atoms with van der Waals surface area (Å²) in [5.74, 6) is -1.06. The van der Waals surface area contributed by atoms with Gasteiger partial charge in [-0.1, -0.05) is 24.3 Å². The Balaban J connectivity index is 2.77. The van der Waals surface area contributed by atoms with Crippen molar-refractivity contribution in [2.24, 2.45) is 0 Å². The van der Waals surface area contributed by atoms with Crippen LogP contribution in [-0.4, -0.2) is 22.3 Å². The number of nitrogens with one attached hydrogen (secondary N) is 1. The number of hydrogen-bond acceptors (Lipinski definition) is 3. The molecule has 1 aromatic carbocycles. The minimum atomic E-state index is -1.06. The molecule has 4 heteroatoms. The van der Waals surface area contributed by atoms with Gasteiger partial charge in [0.15, 0.2) is 0 Å². The van der Waals surface area contributed by atoms with Crippen LogP contribution in [0.25, 0.3) is 0 Å². The van der Waals surface area contributed by atoms with Gasteiger partial charge in [-0.25, -0.2) is 0 Å². The van der Waals surface area contributed by atoms with Crippen molar-refractivity contribution in [2.45, 2.75) is 19.4 Å². The van der Waals surface area contributed by atoms with Crippen molar-refractivity contribution in [3.63, 3.8) is 0 Å². The lowest BCUT2D eigenvalue weighted by atomic mass is 10.0. The van der Waals surface area contributed by atoms with E-state index in [9.17, 15) is 4.79 Å². The quantitative estimate of drug-likeness (QED) is 0.626. The van der Waals surface area contributed by atoms with Crippen LogP contribution < -0.4 is 5.48 Å². The van der Waals surface area contributed by atoms with Gasteiger partial charge >= 0.3 is 5.97 Å². The van der Waals surface area contributed by atoms with E-state index in [2.05, 4.69) is 0 Å². The Bertz CT molecular complexity index is 325. The first-order valence-corrected chi connectivity index (χ1v) is 4.32. The van der Waals surface area contributed by atoms with Crippen molar-refractivity contribution in [2.75, 3.05) is 0 Å². The number of hydrogen-bond donors (Lipinski definition) is 3. The fourth-order valence-electron chi connectivity index (χ4n) is 1.25. The molecule has 1 rings (SSSR count). The fraction of sp³-hybridized carbons (Fsp3) is 0.300. The number of aliphatic carboxylic acids is 1. The normalized spacial score (nSPS) is 12.4. The second kappa shape index (κ2) is 4.74. The molecule has 0 spiro atoms. The molecular formula is C10H13NO3. The second-order valence-corrected chi connectivity index (χ2v) is 3.15. The first-order valence-electron chi connectivity index (χ1n) is 4.32. The van der Waals surface area contributed by atoms with Crippen LogP contribution in [0.4, 0.5) is 0 Å². The van der Waals surface area contributed by atoms with E-state index >= 15 is 0 Å². The number of hydroxylamine groups is 1. The summed E-state index contributed by atoms with van der Waals surface area (Å²) in [6, 6.07) is 6.55. The highest BCUT2D eigenvalue weighted by atomic mass is 16.5. The molecule has 1 aromatic rings. The van der Waals surface area contributed by atoms with Crippen LogP contribution in [0.5, 0.6) is 0 Å². The maximum Gasteiger partial charge on any atom is 0.323 e. The second-order valence-electron chi connectivity index (χ2n) is 3.15. The van der Waals surface area contributed by atoms with Crippen LogP contribution in [-0.2, 0) is 11.2 Å². The lowest BCUT2D eigenvalue weighted by molar-refractivity contribution is -0.142. The third-order valence-corrected chi connectivity index (χ3v) is 2.14. The third-order valence-electron chi connectivity index (χ3n) is 2.14. The van der Waals surface area contributed by atoms with Crippen molar-refractivity contribution >= 4 is 5.97 Å². The number of rotatable bonds is 4. The lowest BCUT2D eigenvalue weighted by Crippen LogP contribution is -2.36. The highest BCUT2D eigenvalue weighted by molar-refractivity contribution is 5.73. The molecule has 0 saturated carbocycles. The monoisotopic (exact) mass is 195 g/mol. The average Bonchev–Trinajstić information content (AvgIpc) is 2.16. The Morgan fingerprint density at radius 3 is 2.64 bits per heavy atom. The Kier molecular flexibility index (Phi) is 3.62. The van der Waals surface area contributed by atoms with Crippen LogP contribution >= 0.6 is 0 Å². The van der Waals surface area contributed by atoms with Crippen molar-refractivity contribution in [1.29, 1.82) is 0 Å². The SMILES string of the molecule is Cc1ccccc1CC(NO)C(=O)O. The molecule has 0 aliphatic rings. The molecule has 3 N–H and O–H groups in total. The Labute approximate surface area is 82.1 Å². The molecule has 0 saturated heterocycles. The highest BCUT2D eigenvalue weighted by Crippen LogP contribution is 2.09. The van der Waals surface area contributed by atoms with Gasteiger partial charge in [-0.2, -0.15) is 5.48 Å². The number of aryl methyl sites for hydroxylation is 1. The van der Waals surface area contributed by atoms with Gasteiger partial charge in [-0.15, -0.1) is 0 Å². The molecule has 0 heterocycles. The van der Waals surface area contributed by atoms with Gasteiger partial charge in [0.25, 0.3) is 0 Å². The lowest BCUT2D eigenvalue weighted by Gasteiger charge is -2.11. The number of carbonyl (C=O) groups is 1. The largest absolute Gasteiger partial charge is 0.480 e. The first kappa shape index (κ1) is 10.7. The first-order chi connectivity index (χ1) is 6.65. The van der Waals surface area contributed by atoms with Crippen molar-refractivity contribution in [3.8, 4) is 0 Å². The molecule has 76 valence electrons. The van der Waals surface area contributed by atoms with Crippen LogP contribution in [0.2, 0.25) is 0 Å². The van der Waals surface area contributed by atoms with E-state index in [1.807, 2.05) is 31.2 Å². The van der Waals surface area contributed by atoms with Gasteiger partial charge in [0.1, 0.15) is 6.04 Å². The van der Waals surface area contributed by atoms with E-state index in [1.165, 1.54) is 0 Å². The molecule has 0 bridgehead atoms. The van der Waals surface area contributed by atoms with Crippen LogP contribution in [0, 0.1) is 6.92 Å². The van der Waals surface area contributed by atoms with Crippen LogP contribution in [0.1, 0.15) is 11.1 Å². The predicted molar refractivity (Wildman–Crippen MR) is 51.2 cm³/mol. The molecular weight excluding hydrogens is 182 g/mol. The molecule has 0 amide bonds. The van der Waals surface area contributed by atoms with E-state index in [0.29, 0.717) is 0 Å². The molecule has 1 unspecified atom stereocenters. The molecule has 0 aromatic heterocycles. The van der Waals surface area contributed by atoms with Gasteiger partial charge < -0.3 is 10.3 Å². The maximum absolute atomic E-state index is 10.6.